The van der Waals surface area contributed by atoms with Gasteiger partial charge < -0.3 is 10.0 Å². The molecule has 0 saturated carbocycles. The number of nitrogens with zero attached hydrogens (tertiary/aromatic N) is 2. The van der Waals surface area contributed by atoms with E-state index in [1.54, 1.807) is 4.90 Å². The van der Waals surface area contributed by atoms with E-state index in [2.05, 4.69) is 29.2 Å². The molecule has 1 unspecified atom stereocenters. The summed E-state index contributed by atoms with van der Waals surface area (Å²) in [4.78, 5) is 16.2. The van der Waals surface area contributed by atoms with Crippen LogP contribution >= 0.6 is 0 Å². The second-order valence-electron chi connectivity index (χ2n) is 6.05. The molecule has 0 heterocycles. The topological polar surface area (TPSA) is 43.8 Å². The normalized spacial score (nSPS) is 17.3. The summed E-state index contributed by atoms with van der Waals surface area (Å²) in [5.74, 6) is 0.114. The van der Waals surface area contributed by atoms with Crippen LogP contribution in [0.4, 0.5) is 0 Å². The minimum absolute atomic E-state index is 0.0807. The van der Waals surface area contributed by atoms with Crippen molar-refractivity contribution < 1.29 is 9.90 Å². The van der Waals surface area contributed by atoms with E-state index in [0.717, 1.165) is 12.8 Å². The van der Waals surface area contributed by atoms with E-state index in [-0.39, 0.29) is 24.6 Å². The molecular weight excluding hydrogens is 264 g/mol. The van der Waals surface area contributed by atoms with Crippen molar-refractivity contribution in [2.45, 2.75) is 38.8 Å². The molecule has 1 aromatic rings. The Morgan fingerprint density at radius 2 is 2.10 bits per heavy atom. The number of hydrogen-bond donors (Lipinski definition) is 1. The van der Waals surface area contributed by atoms with Crippen molar-refractivity contribution in [2.24, 2.45) is 0 Å². The van der Waals surface area contributed by atoms with Crippen molar-refractivity contribution >= 4 is 5.91 Å². The van der Waals surface area contributed by atoms with Gasteiger partial charge in [0.15, 0.2) is 0 Å². The van der Waals surface area contributed by atoms with Gasteiger partial charge in [-0.1, -0.05) is 24.3 Å². The van der Waals surface area contributed by atoms with Crippen LogP contribution in [0.25, 0.3) is 0 Å². The predicted octanol–water partition coefficient (Wildman–Crippen LogP) is 1.83. The molecule has 0 saturated heterocycles. The van der Waals surface area contributed by atoms with Crippen LogP contribution in [-0.2, 0) is 11.2 Å². The first-order chi connectivity index (χ1) is 10.0. The van der Waals surface area contributed by atoms with Crippen molar-refractivity contribution in [1.82, 2.24) is 9.80 Å². The summed E-state index contributed by atoms with van der Waals surface area (Å²) in [5.41, 5.74) is 2.68. The highest BCUT2D eigenvalue weighted by atomic mass is 16.3. The summed E-state index contributed by atoms with van der Waals surface area (Å²) in [6, 6.07) is 8.87. The van der Waals surface area contributed by atoms with E-state index in [1.165, 1.54) is 11.1 Å². The third kappa shape index (κ3) is 3.63. The molecule has 1 amide bonds. The lowest BCUT2D eigenvalue weighted by Crippen LogP contribution is -2.43. The van der Waals surface area contributed by atoms with Crippen molar-refractivity contribution in [3.05, 3.63) is 35.4 Å². The second kappa shape index (κ2) is 7.05. The molecule has 0 bridgehead atoms. The summed E-state index contributed by atoms with van der Waals surface area (Å²) >= 11 is 0. The number of aliphatic hydroxyl groups is 1. The van der Waals surface area contributed by atoms with Gasteiger partial charge in [0.25, 0.3) is 0 Å². The van der Waals surface area contributed by atoms with Crippen LogP contribution in [0.15, 0.2) is 24.3 Å². The number of rotatable bonds is 6. The predicted molar refractivity (Wildman–Crippen MR) is 84.1 cm³/mol. The zero-order chi connectivity index (χ0) is 15.4. The number of likely N-dealkylation sites (N-methyl/N-ethyl adjacent to an activating group) is 1. The number of carbonyl (C=O) groups is 1. The quantitative estimate of drug-likeness (QED) is 0.869. The van der Waals surface area contributed by atoms with Gasteiger partial charge in [0, 0.05) is 25.7 Å². The average Bonchev–Trinajstić information content (AvgIpc) is 2.89. The van der Waals surface area contributed by atoms with E-state index in [9.17, 15) is 9.90 Å². The van der Waals surface area contributed by atoms with Gasteiger partial charge >= 0.3 is 0 Å². The van der Waals surface area contributed by atoms with Crippen molar-refractivity contribution in [3.63, 3.8) is 0 Å². The monoisotopic (exact) mass is 290 g/mol. The Bertz CT molecular complexity index is 487. The lowest BCUT2D eigenvalue weighted by Gasteiger charge is -2.31. The van der Waals surface area contributed by atoms with E-state index in [4.69, 9.17) is 0 Å². The van der Waals surface area contributed by atoms with Crippen LogP contribution in [-0.4, -0.2) is 53.6 Å². The Balaban J connectivity index is 2.12. The second-order valence-corrected chi connectivity index (χ2v) is 6.05. The van der Waals surface area contributed by atoms with Crippen LogP contribution in [0.5, 0.6) is 0 Å². The van der Waals surface area contributed by atoms with Crippen molar-refractivity contribution in [2.75, 3.05) is 26.7 Å². The zero-order valence-corrected chi connectivity index (χ0v) is 13.2. The summed E-state index contributed by atoms with van der Waals surface area (Å²) in [6.07, 6.45) is 2.08. The standard InChI is InChI=1S/C17H26N2O2/c1-13(2)18(3)17(21)12-19(10-11-20)16-9-8-14-6-4-5-7-15(14)16/h4-7,13,16,20H,8-12H2,1-3H3. The first kappa shape index (κ1) is 16.0. The molecule has 0 aliphatic heterocycles. The number of benzene rings is 1. The van der Waals surface area contributed by atoms with Gasteiger partial charge in [0.05, 0.1) is 13.2 Å². The van der Waals surface area contributed by atoms with Crippen LogP contribution in [0.1, 0.15) is 37.4 Å². The highest BCUT2D eigenvalue weighted by Crippen LogP contribution is 2.35. The van der Waals surface area contributed by atoms with Gasteiger partial charge in [0.1, 0.15) is 0 Å². The molecule has 0 aromatic heterocycles. The summed E-state index contributed by atoms with van der Waals surface area (Å²) < 4.78 is 0. The number of fused-ring (bicyclic) bond motifs is 1. The molecule has 4 nitrogen and oxygen atoms in total. The van der Waals surface area contributed by atoms with Crippen LogP contribution in [0.2, 0.25) is 0 Å². The number of amides is 1. The number of aryl methyl sites for hydroxylation is 1. The van der Waals surface area contributed by atoms with Crippen LogP contribution < -0.4 is 0 Å². The van der Waals surface area contributed by atoms with Gasteiger partial charge in [0.2, 0.25) is 5.91 Å². The average molecular weight is 290 g/mol. The van der Waals surface area contributed by atoms with Crippen LogP contribution in [0.3, 0.4) is 0 Å². The van der Waals surface area contributed by atoms with E-state index >= 15 is 0 Å². The lowest BCUT2D eigenvalue weighted by molar-refractivity contribution is -0.133. The Labute approximate surface area is 127 Å². The molecule has 1 atom stereocenters. The molecule has 1 aliphatic carbocycles. The molecule has 4 heteroatoms. The Morgan fingerprint density at radius 1 is 1.38 bits per heavy atom. The fourth-order valence-electron chi connectivity index (χ4n) is 2.96. The van der Waals surface area contributed by atoms with E-state index in [0.29, 0.717) is 13.1 Å². The summed E-state index contributed by atoms with van der Waals surface area (Å²) in [7, 11) is 1.84. The first-order valence-electron chi connectivity index (χ1n) is 7.73. The number of aliphatic hydroxyl groups excluding tert-OH is 1. The fourth-order valence-corrected chi connectivity index (χ4v) is 2.96. The minimum Gasteiger partial charge on any atom is -0.395 e. The van der Waals surface area contributed by atoms with Crippen LogP contribution in [0, 0.1) is 0 Å². The van der Waals surface area contributed by atoms with E-state index in [1.807, 2.05) is 20.9 Å². The molecular formula is C17H26N2O2. The van der Waals surface area contributed by atoms with Gasteiger partial charge in [-0.2, -0.15) is 0 Å². The molecule has 2 rings (SSSR count). The van der Waals surface area contributed by atoms with E-state index < -0.39 is 0 Å². The highest BCUT2D eigenvalue weighted by Gasteiger charge is 2.29. The molecule has 0 fully saturated rings. The minimum atomic E-state index is 0.0807. The summed E-state index contributed by atoms with van der Waals surface area (Å²) in [6.45, 7) is 5.01. The van der Waals surface area contributed by atoms with Gasteiger partial charge in [-0.25, -0.2) is 0 Å². The maximum absolute atomic E-state index is 12.3. The molecule has 0 radical (unpaired) electrons. The third-order valence-corrected chi connectivity index (χ3v) is 4.44. The number of carbonyl (C=O) groups excluding carboxylic acids is 1. The SMILES string of the molecule is CC(C)N(C)C(=O)CN(CCO)C1CCc2ccccc21. The summed E-state index contributed by atoms with van der Waals surface area (Å²) in [5, 5.41) is 9.34. The molecule has 0 spiro atoms. The molecule has 116 valence electrons. The lowest BCUT2D eigenvalue weighted by atomic mass is 10.1. The Morgan fingerprint density at radius 3 is 2.76 bits per heavy atom. The fraction of sp³-hybridized carbons (Fsp3) is 0.588. The Kier molecular flexibility index (Phi) is 5.37. The zero-order valence-electron chi connectivity index (χ0n) is 13.2. The molecule has 21 heavy (non-hydrogen) atoms. The van der Waals surface area contributed by atoms with Gasteiger partial charge in [-0.05, 0) is 37.8 Å². The third-order valence-electron chi connectivity index (χ3n) is 4.44. The van der Waals surface area contributed by atoms with Gasteiger partial charge in [-0.15, -0.1) is 0 Å². The maximum Gasteiger partial charge on any atom is 0.236 e. The highest BCUT2D eigenvalue weighted by molar-refractivity contribution is 5.78. The van der Waals surface area contributed by atoms with Crippen molar-refractivity contribution in [3.8, 4) is 0 Å². The van der Waals surface area contributed by atoms with Gasteiger partial charge in [-0.3, -0.25) is 9.69 Å². The molecule has 1 aliphatic rings. The number of hydrogen-bond acceptors (Lipinski definition) is 3. The largest absolute Gasteiger partial charge is 0.395 e. The first-order valence-corrected chi connectivity index (χ1v) is 7.73. The smallest absolute Gasteiger partial charge is 0.236 e. The molecule has 1 N–H and O–H groups in total. The van der Waals surface area contributed by atoms with Crippen molar-refractivity contribution in [1.29, 1.82) is 0 Å². The Hall–Kier alpha value is -1.39. The maximum atomic E-state index is 12.3. The molecule has 1 aromatic carbocycles.